The fourth-order valence-electron chi connectivity index (χ4n) is 3.49. The van der Waals surface area contributed by atoms with Crippen LogP contribution in [0.4, 0.5) is 11.4 Å². The number of carboxylic acids is 1. The molecule has 2 aromatic rings. The maximum atomic E-state index is 12.2. The number of hydrogen-bond acceptors (Lipinski definition) is 5. The quantitative estimate of drug-likeness (QED) is 0.626. The predicted octanol–water partition coefficient (Wildman–Crippen LogP) is 3.77. The first kappa shape index (κ1) is 20.5. The summed E-state index contributed by atoms with van der Waals surface area (Å²) in [7, 11) is 1.55. The van der Waals surface area contributed by atoms with Gasteiger partial charge in [-0.3, -0.25) is 9.59 Å². The minimum atomic E-state index is -0.705. The number of methoxy groups -OCH3 is 1. The summed E-state index contributed by atoms with van der Waals surface area (Å²) in [6.07, 6.45) is 3.01. The van der Waals surface area contributed by atoms with Crippen LogP contribution in [0.2, 0.25) is 0 Å². The van der Waals surface area contributed by atoms with Gasteiger partial charge in [0.1, 0.15) is 0 Å². The second-order valence-electron chi connectivity index (χ2n) is 7.10. The highest BCUT2D eigenvalue weighted by Crippen LogP contribution is 2.28. The molecule has 154 valence electrons. The zero-order chi connectivity index (χ0) is 20.6. The van der Waals surface area contributed by atoms with Crippen molar-refractivity contribution in [1.29, 1.82) is 0 Å². The number of anilines is 2. The lowest BCUT2D eigenvalue weighted by Crippen LogP contribution is -2.29. The topological polar surface area (TPSA) is 96.9 Å². The molecule has 1 aliphatic carbocycles. The molecule has 1 amide bonds. The molecule has 7 nitrogen and oxygen atoms in total. The third-order valence-corrected chi connectivity index (χ3v) is 5.02. The summed E-state index contributed by atoms with van der Waals surface area (Å²) < 4.78 is 10.7. The zero-order valence-electron chi connectivity index (χ0n) is 16.4. The molecule has 1 saturated carbocycles. The van der Waals surface area contributed by atoms with Crippen LogP contribution in [0.15, 0.2) is 48.5 Å². The third kappa shape index (κ3) is 5.88. The summed E-state index contributed by atoms with van der Waals surface area (Å²) in [4.78, 5) is 23.3. The van der Waals surface area contributed by atoms with Gasteiger partial charge in [0, 0.05) is 17.4 Å². The molecule has 0 saturated heterocycles. The van der Waals surface area contributed by atoms with Crippen LogP contribution < -0.4 is 20.1 Å². The molecular formula is C22H26N2O5. The number of amides is 1. The van der Waals surface area contributed by atoms with E-state index in [2.05, 4.69) is 10.6 Å². The SMILES string of the molecule is COc1ccccc1OCC(=O)Nc1cccc(NC2CCC(C(=O)O)CC2)c1. The molecule has 2 aromatic carbocycles. The van der Waals surface area contributed by atoms with Gasteiger partial charge in [0.25, 0.3) is 5.91 Å². The van der Waals surface area contributed by atoms with Crippen molar-refractivity contribution in [2.75, 3.05) is 24.4 Å². The second-order valence-corrected chi connectivity index (χ2v) is 7.10. The Morgan fingerprint density at radius 1 is 1.00 bits per heavy atom. The first-order valence-corrected chi connectivity index (χ1v) is 9.70. The number of nitrogens with one attached hydrogen (secondary N) is 2. The first-order valence-electron chi connectivity index (χ1n) is 9.70. The minimum Gasteiger partial charge on any atom is -0.493 e. The molecule has 0 unspecified atom stereocenters. The van der Waals surface area contributed by atoms with E-state index in [4.69, 9.17) is 14.6 Å². The Labute approximate surface area is 170 Å². The Hall–Kier alpha value is -3.22. The lowest BCUT2D eigenvalue weighted by Gasteiger charge is -2.27. The van der Waals surface area contributed by atoms with Gasteiger partial charge in [0.05, 0.1) is 13.0 Å². The summed E-state index contributed by atoms with van der Waals surface area (Å²) >= 11 is 0. The third-order valence-electron chi connectivity index (χ3n) is 5.02. The van der Waals surface area contributed by atoms with Crippen molar-refractivity contribution >= 4 is 23.3 Å². The van der Waals surface area contributed by atoms with Gasteiger partial charge in [-0.1, -0.05) is 18.2 Å². The van der Waals surface area contributed by atoms with E-state index in [-0.39, 0.29) is 24.5 Å². The monoisotopic (exact) mass is 398 g/mol. The van der Waals surface area contributed by atoms with Crippen molar-refractivity contribution in [2.24, 2.45) is 5.92 Å². The van der Waals surface area contributed by atoms with Crippen molar-refractivity contribution in [2.45, 2.75) is 31.7 Å². The van der Waals surface area contributed by atoms with Crippen LogP contribution in [0.3, 0.4) is 0 Å². The highest BCUT2D eigenvalue weighted by atomic mass is 16.5. The first-order chi connectivity index (χ1) is 14.0. The summed E-state index contributed by atoms with van der Waals surface area (Å²) in [5.74, 6) is -0.123. The highest BCUT2D eigenvalue weighted by Gasteiger charge is 2.25. The van der Waals surface area contributed by atoms with Gasteiger partial charge < -0.3 is 25.2 Å². The van der Waals surface area contributed by atoms with Crippen molar-refractivity contribution in [3.05, 3.63) is 48.5 Å². The highest BCUT2D eigenvalue weighted by molar-refractivity contribution is 5.92. The van der Waals surface area contributed by atoms with Crippen LogP contribution >= 0.6 is 0 Å². The fraction of sp³-hybridized carbons (Fsp3) is 0.364. The van der Waals surface area contributed by atoms with E-state index in [1.807, 2.05) is 36.4 Å². The zero-order valence-corrected chi connectivity index (χ0v) is 16.4. The maximum Gasteiger partial charge on any atom is 0.306 e. The normalized spacial score (nSPS) is 18.5. The fourth-order valence-corrected chi connectivity index (χ4v) is 3.49. The Morgan fingerprint density at radius 3 is 2.38 bits per heavy atom. The van der Waals surface area contributed by atoms with E-state index < -0.39 is 5.97 Å². The van der Waals surface area contributed by atoms with Crippen LogP contribution in [-0.4, -0.2) is 36.7 Å². The number of carbonyl (C=O) groups is 2. The Balaban J connectivity index is 1.50. The molecule has 0 radical (unpaired) electrons. The van der Waals surface area contributed by atoms with Gasteiger partial charge in [0.2, 0.25) is 0 Å². The Morgan fingerprint density at radius 2 is 1.69 bits per heavy atom. The molecule has 29 heavy (non-hydrogen) atoms. The maximum absolute atomic E-state index is 12.2. The van der Waals surface area contributed by atoms with Crippen molar-refractivity contribution in [3.63, 3.8) is 0 Å². The molecule has 0 heterocycles. The van der Waals surface area contributed by atoms with E-state index in [0.29, 0.717) is 30.0 Å². The lowest BCUT2D eigenvalue weighted by atomic mass is 9.86. The number of carbonyl (C=O) groups excluding carboxylic acids is 1. The number of hydrogen-bond donors (Lipinski definition) is 3. The van der Waals surface area contributed by atoms with E-state index in [1.165, 1.54) is 0 Å². The molecule has 7 heteroatoms. The lowest BCUT2D eigenvalue weighted by molar-refractivity contribution is -0.142. The van der Waals surface area contributed by atoms with Crippen molar-refractivity contribution < 1.29 is 24.2 Å². The van der Waals surface area contributed by atoms with E-state index in [0.717, 1.165) is 18.5 Å². The number of carboxylic acid groups (broad SMARTS) is 1. The minimum absolute atomic E-state index is 0.128. The molecule has 3 rings (SSSR count). The van der Waals surface area contributed by atoms with Crippen molar-refractivity contribution in [3.8, 4) is 11.5 Å². The largest absolute Gasteiger partial charge is 0.493 e. The van der Waals surface area contributed by atoms with Crippen LogP contribution in [0.1, 0.15) is 25.7 Å². The summed E-state index contributed by atoms with van der Waals surface area (Å²) in [5, 5.41) is 15.4. The average Bonchev–Trinajstić information content (AvgIpc) is 2.73. The molecule has 0 aromatic heterocycles. The number of benzene rings is 2. The number of para-hydroxylation sites is 2. The van der Waals surface area contributed by atoms with Crippen LogP contribution in [0.5, 0.6) is 11.5 Å². The van der Waals surface area contributed by atoms with Crippen molar-refractivity contribution in [1.82, 2.24) is 0 Å². The number of ether oxygens (including phenoxy) is 2. The smallest absolute Gasteiger partial charge is 0.306 e. The summed E-state index contributed by atoms with van der Waals surface area (Å²) in [6, 6.07) is 14.9. The Kier molecular flexibility index (Phi) is 6.94. The van der Waals surface area contributed by atoms with Gasteiger partial charge in [-0.15, -0.1) is 0 Å². The van der Waals surface area contributed by atoms with Gasteiger partial charge >= 0.3 is 5.97 Å². The average molecular weight is 398 g/mol. The molecule has 1 fully saturated rings. The molecular weight excluding hydrogens is 372 g/mol. The van der Waals surface area contributed by atoms with E-state index >= 15 is 0 Å². The Bertz CT molecular complexity index is 847. The van der Waals surface area contributed by atoms with Crippen LogP contribution in [0.25, 0.3) is 0 Å². The molecule has 0 spiro atoms. The molecule has 1 aliphatic rings. The molecule has 0 aliphatic heterocycles. The van der Waals surface area contributed by atoms with Gasteiger partial charge in [-0.2, -0.15) is 0 Å². The summed E-state index contributed by atoms with van der Waals surface area (Å²) in [5.41, 5.74) is 1.56. The van der Waals surface area contributed by atoms with Crippen LogP contribution in [0, 0.1) is 5.92 Å². The standard InChI is InChI=1S/C22H26N2O5/c1-28-19-7-2-3-8-20(19)29-14-21(25)24-18-6-4-5-17(13-18)23-16-11-9-15(10-12-16)22(26)27/h2-8,13,15-16,23H,9-12,14H2,1H3,(H,24,25)(H,26,27). The second kappa shape index (κ2) is 9.82. The van der Waals surface area contributed by atoms with Gasteiger partial charge in [0.15, 0.2) is 18.1 Å². The number of rotatable bonds is 8. The molecule has 0 atom stereocenters. The molecule has 0 bridgehead atoms. The van der Waals surface area contributed by atoms with E-state index in [1.54, 1.807) is 19.2 Å². The van der Waals surface area contributed by atoms with Gasteiger partial charge in [-0.05, 0) is 56.0 Å². The number of aliphatic carboxylic acids is 1. The van der Waals surface area contributed by atoms with Crippen LogP contribution in [-0.2, 0) is 9.59 Å². The predicted molar refractivity (Wildman–Crippen MR) is 111 cm³/mol. The van der Waals surface area contributed by atoms with Gasteiger partial charge in [-0.25, -0.2) is 0 Å². The summed E-state index contributed by atoms with van der Waals surface area (Å²) in [6.45, 7) is -0.128. The van der Waals surface area contributed by atoms with E-state index in [9.17, 15) is 9.59 Å². The molecule has 3 N–H and O–H groups in total.